The van der Waals surface area contributed by atoms with Crippen molar-refractivity contribution in [3.8, 4) is 5.75 Å². The molecule has 150 valence electrons. The van der Waals surface area contributed by atoms with E-state index in [1.54, 1.807) is 12.0 Å². The first-order chi connectivity index (χ1) is 12.9. The normalized spacial score (nSPS) is 10.8. The second-order valence-corrected chi connectivity index (χ2v) is 7.92. The first kappa shape index (κ1) is 22.1. The Morgan fingerprint density at radius 2 is 1.86 bits per heavy atom. The summed E-state index contributed by atoms with van der Waals surface area (Å²) in [4.78, 5) is 21.9. The van der Waals surface area contributed by atoms with Crippen molar-refractivity contribution >= 4 is 45.0 Å². The minimum Gasteiger partial charge on any atom is -0.497 e. The van der Waals surface area contributed by atoms with Gasteiger partial charge in [0.2, 0.25) is 0 Å². The molecule has 3 rings (SSSR count). The van der Waals surface area contributed by atoms with Gasteiger partial charge in [0.1, 0.15) is 5.75 Å². The Hall–Kier alpha value is -2.15. The number of carbonyl (C=O) groups is 1. The molecule has 7 heteroatoms. The largest absolute Gasteiger partial charge is 0.497 e. The number of thiazole rings is 1. The summed E-state index contributed by atoms with van der Waals surface area (Å²) in [5.74, 6) is 0.776. The number of benzene rings is 2. The van der Waals surface area contributed by atoms with Crippen LogP contribution in [0.25, 0.3) is 10.2 Å². The number of aryl methyl sites for hydroxylation is 2. The molecule has 0 saturated heterocycles. The lowest BCUT2D eigenvalue weighted by molar-refractivity contribution is 0.0984. The highest BCUT2D eigenvalue weighted by atomic mass is 35.5. The van der Waals surface area contributed by atoms with Crippen LogP contribution >= 0.6 is 23.7 Å². The van der Waals surface area contributed by atoms with Crippen molar-refractivity contribution in [2.45, 2.75) is 13.8 Å². The molecule has 0 fully saturated rings. The molecular formula is C21H26ClN3O2S. The third kappa shape index (κ3) is 4.82. The minimum absolute atomic E-state index is 0. The Morgan fingerprint density at radius 1 is 1.11 bits per heavy atom. The second kappa shape index (κ2) is 9.37. The average Bonchev–Trinajstić information content (AvgIpc) is 3.04. The van der Waals surface area contributed by atoms with Crippen LogP contribution in [0.3, 0.4) is 0 Å². The summed E-state index contributed by atoms with van der Waals surface area (Å²) in [7, 11) is 5.65. The molecule has 2 aromatic carbocycles. The summed E-state index contributed by atoms with van der Waals surface area (Å²) in [6, 6.07) is 11.7. The standard InChI is InChI=1S/C21H25N3O2S.ClH/c1-14-6-8-17(15(2)12-14)20(25)24(11-10-23(3)4)21-22-18-9-7-16(26-5)13-19(18)27-21;/h6-9,12-13H,10-11H2,1-5H3;1H. The predicted molar refractivity (Wildman–Crippen MR) is 120 cm³/mol. The Morgan fingerprint density at radius 3 is 2.50 bits per heavy atom. The van der Waals surface area contributed by atoms with Crippen LogP contribution in [0.1, 0.15) is 21.5 Å². The Labute approximate surface area is 176 Å². The Kier molecular flexibility index (Phi) is 7.41. The lowest BCUT2D eigenvalue weighted by Crippen LogP contribution is -2.37. The van der Waals surface area contributed by atoms with E-state index in [0.717, 1.165) is 39.2 Å². The number of carbonyl (C=O) groups excluding carboxylic acids is 1. The van der Waals surface area contributed by atoms with Crippen molar-refractivity contribution in [2.24, 2.45) is 0 Å². The van der Waals surface area contributed by atoms with Gasteiger partial charge in [-0.25, -0.2) is 4.98 Å². The molecule has 0 aliphatic carbocycles. The maximum atomic E-state index is 13.3. The summed E-state index contributed by atoms with van der Waals surface area (Å²) in [5, 5.41) is 0.713. The summed E-state index contributed by atoms with van der Waals surface area (Å²) in [6.07, 6.45) is 0. The van der Waals surface area contributed by atoms with Gasteiger partial charge in [0.05, 0.1) is 17.3 Å². The van der Waals surface area contributed by atoms with Gasteiger partial charge in [-0.15, -0.1) is 12.4 Å². The zero-order chi connectivity index (χ0) is 19.6. The van der Waals surface area contributed by atoms with Crippen molar-refractivity contribution in [1.82, 2.24) is 9.88 Å². The van der Waals surface area contributed by atoms with E-state index in [9.17, 15) is 4.79 Å². The van der Waals surface area contributed by atoms with Crippen LogP contribution in [0, 0.1) is 13.8 Å². The predicted octanol–water partition coefficient (Wildman–Crippen LogP) is 4.55. The molecule has 0 unspecified atom stereocenters. The number of likely N-dealkylation sites (N-methyl/N-ethyl adjacent to an activating group) is 1. The maximum Gasteiger partial charge on any atom is 0.260 e. The SMILES string of the molecule is COc1ccc2nc(N(CCN(C)C)C(=O)c3ccc(C)cc3C)sc2c1.Cl. The molecule has 0 aliphatic heterocycles. The molecular weight excluding hydrogens is 394 g/mol. The molecule has 3 aromatic rings. The zero-order valence-electron chi connectivity index (χ0n) is 16.9. The number of methoxy groups -OCH3 is 1. The lowest BCUT2D eigenvalue weighted by atomic mass is 10.0. The van der Waals surface area contributed by atoms with Crippen molar-refractivity contribution in [2.75, 3.05) is 39.2 Å². The van der Waals surface area contributed by atoms with Gasteiger partial charge in [-0.3, -0.25) is 9.69 Å². The molecule has 0 spiro atoms. The van der Waals surface area contributed by atoms with E-state index in [4.69, 9.17) is 9.72 Å². The minimum atomic E-state index is -0.0135. The average molecular weight is 420 g/mol. The zero-order valence-corrected chi connectivity index (χ0v) is 18.5. The number of ether oxygens (including phenoxy) is 1. The van der Waals surface area contributed by atoms with E-state index in [1.165, 1.54) is 11.3 Å². The van der Waals surface area contributed by atoms with Crippen LogP contribution in [-0.4, -0.2) is 50.1 Å². The van der Waals surface area contributed by atoms with Crippen LogP contribution in [0.2, 0.25) is 0 Å². The molecule has 1 heterocycles. The highest BCUT2D eigenvalue weighted by molar-refractivity contribution is 7.22. The molecule has 5 nitrogen and oxygen atoms in total. The van der Waals surface area contributed by atoms with Gasteiger partial charge in [0.15, 0.2) is 5.13 Å². The molecule has 28 heavy (non-hydrogen) atoms. The lowest BCUT2D eigenvalue weighted by Gasteiger charge is -2.22. The summed E-state index contributed by atoms with van der Waals surface area (Å²) >= 11 is 1.51. The molecule has 0 radical (unpaired) electrons. The maximum absolute atomic E-state index is 13.3. The monoisotopic (exact) mass is 419 g/mol. The van der Waals surface area contributed by atoms with E-state index in [2.05, 4.69) is 4.90 Å². The topological polar surface area (TPSA) is 45.7 Å². The van der Waals surface area contributed by atoms with E-state index in [-0.39, 0.29) is 18.3 Å². The molecule has 1 aromatic heterocycles. The molecule has 1 amide bonds. The highest BCUT2D eigenvalue weighted by Gasteiger charge is 2.22. The van der Waals surface area contributed by atoms with Crippen LogP contribution in [0.5, 0.6) is 5.75 Å². The number of rotatable bonds is 6. The number of hydrogen-bond acceptors (Lipinski definition) is 5. The number of hydrogen-bond donors (Lipinski definition) is 0. The Bertz CT molecular complexity index is 971. The van der Waals surface area contributed by atoms with Crippen LogP contribution in [-0.2, 0) is 0 Å². The van der Waals surface area contributed by atoms with Crippen LogP contribution in [0.15, 0.2) is 36.4 Å². The fourth-order valence-corrected chi connectivity index (χ4v) is 3.94. The highest BCUT2D eigenvalue weighted by Crippen LogP contribution is 2.32. The van der Waals surface area contributed by atoms with E-state index >= 15 is 0 Å². The summed E-state index contributed by atoms with van der Waals surface area (Å²) in [6.45, 7) is 5.35. The van der Waals surface area contributed by atoms with Gasteiger partial charge in [0.25, 0.3) is 5.91 Å². The quantitative estimate of drug-likeness (QED) is 0.587. The molecule has 0 saturated carbocycles. The van der Waals surface area contributed by atoms with E-state index < -0.39 is 0 Å². The van der Waals surface area contributed by atoms with Gasteiger partial charge in [-0.05, 0) is 57.8 Å². The van der Waals surface area contributed by atoms with Crippen LogP contribution < -0.4 is 9.64 Å². The van der Waals surface area contributed by atoms with Gasteiger partial charge < -0.3 is 9.64 Å². The number of aromatic nitrogens is 1. The molecule has 0 bridgehead atoms. The van der Waals surface area contributed by atoms with Crippen molar-refractivity contribution in [3.63, 3.8) is 0 Å². The van der Waals surface area contributed by atoms with Crippen LogP contribution in [0.4, 0.5) is 5.13 Å². The first-order valence-electron chi connectivity index (χ1n) is 8.87. The smallest absolute Gasteiger partial charge is 0.260 e. The third-order valence-electron chi connectivity index (χ3n) is 4.44. The molecule has 0 atom stereocenters. The summed E-state index contributed by atoms with van der Waals surface area (Å²) in [5.41, 5.74) is 3.73. The van der Waals surface area contributed by atoms with Crippen molar-refractivity contribution < 1.29 is 9.53 Å². The first-order valence-corrected chi connectivity index (χ1v) is 9.69. The van der Waals surface area contributed by atoms with E-state index in [0.29, 0.717) is 11.7 Å². The summed E-state index contributed by atoms with van der Waals surface area (Å²) < 4.78 is 6.31. The fraction of sp³-hybridized carbons (Fsp3) is 0.333. The molecule has 0 aliphatic rings. The number of anilines is 1. The molecule has 0 N–H and O–H groups in total. The number of fused-ring (bicyclic) bond motifs is 1. The third-order valence-corrected chi connectivity index (χ3v) is 5.48. The number of amides is 1. The van der Waals surface area contributed by atoms with Gasteiger partial charge >= 0.3 is 0 Å². The Balaban J connectivity index is 0.00000280. The van der Waals surface area contributed by atoms with Crippen molar-refractivity contribution in [1.29, 1.82) is 0 Å². The van der Waals surface area contributed by atoms with E-state index in [1.807, 2.05) is 64.3 Å². The van der Waals surface area contributed by atoms with Gasteiger partial charge in [-0.2, -0.15) is 0 Å². The van der Waals surface area contributed by atoms with Gasteiger partial charge in [-0.1, -0.05) is 29.0 Å². The second-order valence-electron chi connectivity index (χ2n) is 6.91. The fourth-order valence-electron chi connectivity index (χ4n) is 2.92. The number of halogens is 1. The number of nitrogens with zero attached hydrogens (tertiary/aromatic N) is 3. The van der Waals surface area contributed by atoms with Gasteiger partial charge in [0, 0.05) is 18.7 Å². The van der Waals surface area contributed by atoms with Crippen molar-refractivity contribution in [3.05, 3.63) is 53.1 Å².